The first-order valence-corrected chi connectivity index (χ1v) is 11.5. The van der Waals surface area contributed by atoms with Crippen molar-refractivity contribution in [3.05, 3.63) is 64.7 Å². The third kappa shape index (κ3) is 5.89. The molecule has 1 unspecified atom stereocenters. The van der Waals surface area contributed by atoms with Crippen molar-refractivity contribution >= 4 is 23.4 Å². The number of nitrogens with zero attached hydrogens (tertiary/aromatic N) is 2. The van der Waals surface area contributed by atoms with Gasteiger partial charge in [-0.3, -0.25) is 14.4 Å². The molecular formula is C27H32N2O6. The molecule has 186 valence electrons. The van der Waals surface area contributed by atoms with E-state index in [1.165, 1.54) is 11.8 Å². The van der Waals surface area contributed by atoms with Gasteiger partial charge in [0, 0.05) is 25.6 Å². The molecule has 1 aliphatic heterocycles. The van der Waals surface area contributed by atoms with Crippen LogP contribution in [0.15, 0.2) is 48.0 Å². The lowest BCUT2D eigenvalue weighted by Gasteiger charge is -2.26. The van der Waals surface area contributed by atoms with E-state index in [1.807, 2.05) is 39.8 Å². The summed E-state index contributed by atoms with van der Waals surface area (Å²) >= 11 is 0. The number of amides is 1. The second kappa shape index (κ2) is 10.7. The smallest absolute Gasteiger partial charge is 0.308 e. The van der Waals surface area contributed by atoms with Crippen molar-refractivity contribution in [2.75, 3.05) is 27.2 Å². The van der Waals surface area contributed by atoms with Crippen LogP contribution in [0.2, 0.25) is 0 Å². The molecule has 8 heteroatoms. The van der Waals surface area contributed by atoms with Crippen LogP contribution in [-0.4, -0.2) is 65.9 Å². The lowest BCUT2D eigenvalue weighted by atomic mass is 9.94. The fraction of sp³-hybridized carbons (Fsp3) is 0.370. The van der Waals surface area contributed by atoms with E-state index >= 15 is 0 Å². The molecule has 0 aliphatic carbocycles. The maximum atomic E-state index is 13.2. The molecule has 8 nitrogen and oxygen atoms in total. The predicted molar refractivity (Wildman–Crippen MR) is 132 cm³/mol. The molecule has 1 aliphatic rings. The van der Waals surface area contributed by atoms with Crippen LogP contribution in [0.25, 0.3) is 5.76 Å². The first kappa shape index (κ1) is 26.0. The van der Waals surface area contributed by atoms with Crippen molar-refractivity contribution in [1.82, 2.24) is 9.80 Å². The van der Waals surface area contributed by atoms with Crippen LogP contribution in [0.4, 0.5) is 0 Å². The molecule has 3 rings (SSSR count). The zero-order valence-electron chi connectivity index (χ0n) is 21.0. The number of ketones is 1. The molecule has 1 N–H and O–H groups in total. The maximum Gasteiger partial charge on any atom is 0.308 e. The van der Waals surface area contributed by atoms with Crippen molar-refractivity contribution in [3.8, 4) is 11.5 Å². The Labute approximate surface area is 205 Å². The van der Waals surface area contributed by atoms with E-state index in [4.69, 9.17) is 9.47 Å². The molecule has 1 atom stereocenters. The lowest BCUT2D eigenvalue weighted by Crippen LogP contribution is -2.35. The van der Waals surface area contributed by atoms with Gasteiger partial charge in [-0.25, -0.2) is 0 Å². The Morgan fingerprint density at radius 1 is 1.14 bits per heavy atom. The standard InChI is InChI=1S/C27H32N2O6/c1-16(2)34-22-11-10-20(14-17(22)3)25(31)23-24(19-8-7-9-21(15-19)35-18(4)30)29(13-12-28(5)6)27(33)26(23)32/h7-11,14-16,24,31H,12-13H2,1-6H3/b25-23+. The van der Waals surface area contributed by atoms with Crippen molar-refractivity contribution in [2.45, 2.75) is 39.8 Å². The highest BCUT2D eigenvalue weighted by Gasteiger charge is 2.46. The van der Waals surface area contributed by atoms with Crippen molar-refractivity contribution in [3.63, 3.8) is 0 Å². The second-order valence-corrected chi connectivity index (χ2v) is 9.11. The highest BCUT2D eigenvalue weighted by molar-refractivity contribution is 6.46. The number of likely N-dealkylation sites (tertiary alicyclic amines) is 1. The van der Waals surface area contributed by atoms with Crippen molar-refractivity contribution in [2.24, 2.45) is 0 Å². The van der Waals surface area contributed by atoms with Gasteiger partial charge in [0.15, 0.2) is 0 Å². The maximum absolute atomic E-state index is 13.2. The first-order valence-electron chi connectivity index (χ1n) is 11.5. The molecule has 2 aromatic rings. The van der Waals surface area contributed by atoms with Crippen molar-refractivity contribution < 1.29 is 29.0 Å². The Balaban J connectivity index is 2.14. The van der Waals surface area contributed by atoms with E-state index in [9.17, 15) is 19.5 Å². The SMILES string of the molecule is CC(=O)Oc1cccc(C2/C(=C(\O)c3ccc(OC(C)C)c(C)c3)C(=O)C(=O)N2CCN(C)C)c1. The highest BCUT2D eigenvalue weighted by Crippen LogP contribution is 2.40. The number of esters is 1. The van der Waals surface area contributed by atoms with Gasteiger partial charge in [-0.1, -0.05) is 12.1 Å². The number of benzene rings is 2. The van der Waals surface area contributed by atoms with Crippen LogP contribution in [-0.2, 0) is 14.4 Å². The van der Waals surface area contributed by atoms with Gasteiger partial charge in [0.2, 0.25) is 0 Å². The molecule has 1 amide bonds. The molecule has 0 aromatic heterocycles. The summed E-state index contributed by atoms with van der Waals surface area (Å²) in [5.74, 6) is -1.23. The molecule has 1 saturated heterocycles. The molecule has 0 saturated carbocycles. The van der Waals surface area contributed by atoms with E-state index in [1.54, 1.807) is 42.5 Å². The lowest BCUT2D eigenvalue weighted by molar-refractivity contribution is -0.140. The predicted octanol–water partition coefficient (Wildman–Crippen LogP) is 3.69. The Kier molecular flexibility index (Phi) is 7.96. The van der Waals surface area contributed by atoms with Gasteiger partial charge in [-0.2, -0.15) is 0 Å². The molecule has 1 fully saturated rings. The second-order valence-electron chi connectivity index (χ2n) is 9.11. The van der Waals surface area contributed by atoms with Gasteiger partial charge in [-0.05, 0) is 76.3 Å². The molecule has 0 spiro atoms. The first-order chi connectivity index (χ1) is 16.5. The summed E-state index contributed by atoms with van der Waals surface area (Å²) < 4.78 is 11.0. The van der Waals surface area contributed by atoms with Crippen molar-refractivity contribution in [1.29, 1.82) is 0 Å². The average molecular weight is 481 g/mol. The number of aliphatic hydroxyl groups excluding tert-OH is 1. The number of carbonyl (C=O) groups is 3. The number of aliphatic hydroxyl groups is 1. The van der Waals surface area contributed by atoms with E-state index in [0.717, 1.165) is 5.56 Å². The van der Waals surface area contributed by atoms with E-state index in [0.29, 0.717) is 29.2 Å². The quantitative estimate of drug-likeness (QED) is 0.202. The molecule has 35 heavy (non-hydrogen) atoms. The van der Waals surface area contributed by atoms with Crippen LogP contribution in [0.5, 0.6) is 11.5 Å². The molecule has 0 radical (unpaired) electrons. The summed E-state index contributed by atoms with van der Waals surface area (Å²) in [6, 6.07) is 10.9. The van der Waals surface area contributed by atoms with Gasteiger partial charge in [0.25, 0.3) is 11.7 Å². The van der Waals surface area contributed by atoms with Crippen LogP contribution in [0.1, 0.15) is 43.5 Å². The molecular weight excluding hydrogens is 448 g/mol. The largest absolute Gasteiger partial charge is 0.507 e. The summed E-state index contributed by atoms with van der Waals surface area (Å²) in [7, 11) is 3.74. The van der Waals surface area contributed by atoms with E-state index in [2.05, 4.69) is 0 Å². The third-order valence-electron chi connectivity index (χ3n) is 5.57. The molecule has 1 heterocycles. The Morgan fingerprint density at radius 3 is 2.46 bits per heavy atom. The van der Waals surface area contributed by atoms with Crippen LogP contribution in [0, 0.1) is 6.92 Å². The third-order valence-corrected chi connectivity index (χ3v) is 5.57. The summed E-state index contributed by atoms with van der Waals surface area (Å²) in [4.78, 5) is 41.1. The van der Waals surface area contributed by atoms with Crippen LogP contribution >= 0.6 is 0 Å². The van der Waals surface area contributed by atoms with E-state index < -0.39 is 23.7 Å². The zero-order valence-corrected chi connectivity index (χ0v) is 21.0. The van der Waals surface area contributed by atoms with Gasteiger partial charge in [-0.15, -0.1) is 0 Å². The summed E-state index contributed by atoms with van der Waals surface area (Å²) in [5.41, 5.74) is 1.74. The number of ether oxygens (including phenoxy) is 2. The number of hydrogen-bond donors (Lipinski definition) is 1. The monoisotopic (exact) mass is 480 g/mol. The van der Waals surface area contributed by atoms with Crippen LogP contribution in [0.3, 0.4) is 0 Å². The fourth-order valence-electron chi connectivity index (χ4n) is 4.02. The summed E-state index contributed by atoms with van der Waals surface area (Å²) in [5, 5.41) is 11.3. The highest BCUT2D eigenvalue weighted by atomic mass is 16.5. The van der Waals surface area contributed by atoms with Gasteiger partial charge in [0.05, 0.1) is 17.7 Å². The normalized spacial score (nSPS) is 17.4. The Morgan fingerprint density at radius 2 is 1.86 bits per heavy atom. The number of carbonyl (C=O) groups excluding carboxylic acids is 3. The fourth-order valence-corrected chi connectivity index (χ4v) is 4.02. The van der Waals surface area contributed by atoms with Crippen LogP contribution < -0.4 is 9.47 Å². The molecule has 0 bridgehead atoms. The van der Waals surface area contributed by atoms with Gasteiger partial charge < -0.3 is 24.4 Å². The van der Waals surface area contributed by atoms with E-state index in [-0.39, 0.29) is 24.0 Å². The van der Waals surface area contributed by atoms with Gasteiger partial charge >= 0.3 is 5.97 Å². The number of hydrogen-bond acceptors (Lipinski definition) is 7. The minimum absolute atomic E-state index is 0.00865. The van der Waals surface area contributed by atoms with Gasteiger partial charge in [0.1, 0.15) is 17.3 Å². The number of Topliss-reactive ketones (excluding diaryl/α,β-unsaturated/α-hetero) is 1. The average Bonchev–Trinajstić information content (AvgIpc) is 3.02. The Bertz CT molecular complexity index is 1170. The molecule has 2 aromatic carbocycles. The minimum Gasteiger partial charge on any atom is -0.507 e. The summed E-state index contributed by atoms with van der Waals surface area (Å²) in [6.07, 6.45) is -0.0142. The topological polar surface area (TPSA) is 96.4 Å². The number of rotatable bonds is 8. The zero-order chi connectivity index (χ0) is 25.9. The Hall–Kier alpha value is -3.65. The summed E-state index contributed by atoms with van der Waals surface area (Å²) in [6.45, 7) is 7.79. The number of aryl methyl sites for hydroxylation is 1. The minimum atomic E-state index is -0.836. The number of likely N-dealkylation sites (N-methyl/N-ethyl adjacent to an activating group) is 1.